The van der Waals surface area contributed by atoms with Gasteiger partial charge in [-0.25, -0.2) is 0 Å². The van der Waals surface area contributed by atoms with Gasteiger partial charge in [0.2, 0.25) is 5.91 Å². The van der Waals surface area contributed by atoms with E-state index in [1.165, 1.54) is 0 Å². The van der Waals surface area contributed by atoms with E-state index in [-0.39, 0.29) is 18.6 Å². The predicted octanol–water partition coefficient (Wildman–Crippen LogP) is 1.02. The molecule has 0 N–H and O–H groups in total. The maximum atomic E-state index is 12.3. The lowest BCUT2D eigenvalue weighted by molar-refractivity contribution is -0.131. The molecule has 1 amide bonds. The van der Waals surface area contributed by atoms with Gasteiger partial charge in [0.25, 0.3) is 0 Å². The third-order valence-electron chi connectivity index (χ3n) is 3.92. The normalized spacial score (nSPS) is 17.5. The zero-order valence-electron chi connectivity index (χ0n) is 14.1. The minimum absolute atomic E-state index is 0.0289. The van der Waals surface area contributed by atoms with Gasteiger partial charge in [0.05, 0.1) is 12.2 Å². The van der Waals surface area contributed by atoms with E-state index in [2.05, 4.69) is 15.0 Å². The molecule has 24 heavy (non-hydrogen) atoms. The van der Waals surface area contributed by atoms with Gasteiger partial charge in [0.15, 0.2) is 0 Å². The molecule has 2 aromatic heterocycles. The molecule has 7 nitrogen and oxygen atoms in total. The first-order valence-electron chi connectivity index (χ1n) is 8.11. The van der Waals surface area contributed by atoms with Gasteiger partial charge in [-0.3, -0.25) is 14.5 Å². The summed E-state index contributed by atoms with van der Waals surface area (Å²) < 4.78 is 7.68. The first-order valence-corrected chi connectivity index (χ1v) is 8.11. The van der Waals surface area contributed by atoms with E-state index in [9.17, 15) is 4.79 Å². The van der Waals surface area contributed by atoms with Crippen LogP contribution in [0.4, 0.5) is 0 Å². The summed E-state index contributed by atoms with van der Waals surface area (Å²) in [7, 11) is 4.02. The first kappa shape index (κ1) is 16.4. The molecule has 7 heteroatoms. The van der Waals surface area contributed by atoms with Crippen LogP contribution in [0.5, 0.6) is 5.75 Å². The van der Waals surface area contributed by atoms with Gasteiger partial charge in [-0.15, -0.1) is 0 Å². The number of pyridine rings is 1. The van der Waals surface area contributed by atoms with Crippen molar-refractivity contribution in [1.82, 2.24) is 24.6 Å². The predicted molar refractivity (Wildman–Crippen MR) is 89.5 cm³/mol. The molecule has 0 spiro atoms. The summed E-state index contributed by atoms with van der Waals surface area (Å²) in [5, 5.41) is 4.07. The number of likely N-dealkylation sites (tertiary alicyclic amines) is 1. The molecule has 1 aliphatic heterocycles. The van der Waals surface area contributed by atoms with E-state index in [4.69, 9.17) is 4.74 Å². The van der Waals surface area contributed by atoms with Crippen LogP contribution in [-0.2, 0) is 17.9 Å². The Kier molecular flexibility index (Phi) is 5.10. The molecule has 1 aliphatic rings. The number of carbonyl (C=O) groups excluding carboxylic acids is 1. The molecular weight excluding hydrogens is 306 g/mol. The van der Waals surface area contributed by atoms with Gasteiger partial charge in [-0.05, 0) is 26.2 Å². The quantitative estimate of drug-likeness (QED) is 0.792. The zero-order valence-corrected chi connectivity index (χ0v) is 14.1. The van der Waals surface area contributed by atoms with Crippen molar-refractivity contribution in [2.24, 2.45) is 0 Å². The van der Waals surface area contributed by atoms with Crippen LogP contribution in [0, 0.1) is 0 Å². The standard InChI is InChI=1S/C17H23N5O2/c1-20(2)11-14-10-15(4-7-18-14)24-16-5-9-21(12-16)17(23)13-22-8-3-6-19-22/h3-4,6-8,10,16H,5,9,11-13H2,1-2H3. The molecule has 3 rings (SSSR count). The first-order chi connectivity index (χ1) is 11.6. The minimum atomic E-state index is 0.0289. The molecule has 0 bridgehead atoms. The van der Waals surface area contributed by atoms with Gasteiger partial charge in [-0.2, -0.15) is 5.10 Å². The number of aromatic nitrogens is 3. The molecule has 1 fully saturated rings. The monoisotopic (exact) mass is 329 g/mol. The molecule has 0 radical (unpaired) electrons. The lowest BCUT2D eigenvalue weighted by atomic mass is 10.3. The van der Waals surface area contributed by atoms with Crippen molar-refractivity contribution < 1.29 is 9.53 Å². The number of hydrogen-bond donors (Lipinski definition) is 0. The van der Waals surface area contributed by atoms with E-state index in [0.29, 0.717) is 6.54 Å². The zero-order chi connectivity index (χ0) is 16.9. The Morgan fingerprint density at radius 1 is 1.42 bits per heavy atom. The molecule has 0 aromatic carbocycles. The Labute approximate surface area is 141 Å². The summed E-state index contributed by atoms with van der Waals surface area (Å²) in [4.78, 5) is 20.5. The molecule has 1 unspecified atom stereocenters. The van der Waals surface area contributed by atoms with Gasteiger partial charge < -0.3 is 14.5 Å². The van der Waals surface area contributed by atoms with Crippen molar-refractivity contribution in [3.63, 3.8) is 0 Å². The summed E-state index contributed by atoms with van der Waals surface area (Å²) in [6, 6.07) is 5.65. The lowest BCUT2D eigenvalue weighted by Crippen LogP contribution is -2.33. The number of amides is 1. The van der Waals surface area contributed by atoms with Crippen molar-refractivity contribution in [1.29, 1.82) is 0 Å². The Balaban J connectivity index is 1.53. The fourth-order valence-corrected chi connectivity index (χ4v) is 2.82. The Morgan fingerprint density at radius 2 is 2.29 bits per heavy atom. The number of carbonyl (C=O) groups is 1. The molecule has 1 atom stereocenters. The Hall–Kier alpha value is -2.41. The largest absolute Gasteiger partial charge is 0.488 e. The maximum absolute atomic E-state index is 12.3. The third kappa shape index (κ3) is 4.32. The molecule has 0 aliphatic carbocycles. The smallest absolute Gasteiger partial charge is 0.244 e. The third-order valence-corrected chi connectivity index (χ3v) is 3.92. The summed E-state index contributed by atoms with van der Waals surface area (Å²) in [6.07, 6.45) is 6.12. The highest BCUT2D eigenvalue weighted by atomic mass is 16.5. The van der Waals surface area contributed by atoms with E-state index in [1.807, 2.05) is 37.2 Å². The van der Waals surface area contributed by atoms with Crippen LogP contribution in [0.3, 0.4) is 0 Å². The summed E-state index contributed by atoms with van der Waals surface area (Å²) >= 11 is 0. The van der Waals surface area contributed by atoms with Gasteiger partial charge in [-0.1, -0.05) is 0 Å². The van der Waals surface area contributed by atoms with Crippen molar-refractivity contribution in [3.05, 3.63) is 42.5 Å². The molecule has 0 saturated carbocycles. The van der Waals surface area contributed by atoms with Crippen molar-refractivity contribution >= 4 is 5.91 Å². The molecule has 2 aromatic rings. The number of ether oxygens (including phenoxy) is 1. The van der Waals surface area contributed by atoms with Crippen LogP contribution in [-0.4, -0.2) is 63.8 Å². The van der Waals surface area contributed by atoms with Crippen LogP contribution in [0.1, 0.15) is 12.1 Å². The van der Waals surface area contributed by atoms with Gasteiger partial charge >= 0.3 is 0 Å². The van der Waals surface area contributed by atoms with Crippen molar-refractivity contribution in [2.45, 2.75) is 25.6 Å². The Bertz CT molecular complexity index is 671. The van der Waals surface area contributed by atoms with Crippen LogP contribution >= 0.6 is 0 Å². The summed E-state index contributed by atoms with van der Waals surface area (Å²) in [6.45, 7) is 2.39. The average Bonchev–Trinajstić information content (AvgIpc) is 3.18. The van der Waals surface area contributed by atoms with Gasteiger partial charge in [0.1, 0.15) is 18.4 Å². The molecule has 128 valence electrons. The maximum Gasteiger partial charge on any atom is 0.244 e. The van der Waals surface area contributed by atoms with Crippen molar-refractivity contribution in [2.75, 3.05) is 27.2 Å². The van der Waals surface area contributed by atoms with E-state index < -0.39 is 0 Å². The number of hydrogen-bond acceptors (Lipinski definition) is 5. The second-order valence-corrected chi connectivity index (χ2v) is 6.29. The average molecular weight is 329 g/mol. The molecular formula is C17H23N5O2. The topological polar surface area (TPSA) is 63.5 Å². The fourth-order valence-electron chi connectivity index (χ4n) is 2.82. The van der Waals surface area contributed by atoms with Crippen LogP contribution in [0.15, 0.2) is 36.8 Å². The highest BCUT2D eigenvalue weighted by Gasteiger charge is 2.27. The van der Waals surface area contributed by atoms with Gasteiger partial charge in [0, 0.05) is 44.2 Å². The second-order valence-electron chi connectivity index (χ2n) is 6.29. The highest BCUT2D eigenvalue weighted by Crippen LogP contribution is 2.19. The SMILES string of the molecule is CN(C)Cc1cc(OC2CCN(C(=O)Cn3cccn3)C2)ccn1. The second kappa shape index (κ2) is 7.44. The van der Waals surface area contributed by atoms with Crippen molar-refractivity contribution in [3.8, 4) is 5.75 Å². The number of nitrogens with zero attached hydrogens (tertiary/aromatic N) is 5. The lowest BCUT2D eigenvalue weighted by Gasteiger charge is -2.18. The molecule has 3 heterocycles. The fraction of sp³-hybridized carbons (Fsp3) is 0.471. The van der Waals surface area contributed by atoms with Crippen LogP contribution in [0.25, 0.3) is 0 Å². The Morgan fingerprint density at radius 3 is 3.04 bits per heavy atom. The number of rotatable bonds is 6. The summed E-state index contributed by atoms with van der Waals surface area (Å²) in [5.74, 6) is 0.890. The van der Waals surface area contributed by atoms with E-state index >= 15 is 0 Å². The van der Waals surface area contributed by atoms with E-state index in [0.717, 1.165) is 31.0 Å². The highest BCUT2D eigenvalue weighted by molar-refractivity contribution is 5.76. The molecule has 1 saturated heterocycles. The van der Waals surface area contributed by atoms with Crippen LogP contribution < -0.4 is 4.74 Å². The minimum Gasteiger partial charge on any atom is -0.488 e. The van der Waals surface area contributed by atoms with E-state index in [1.54, 1.807) is 23.3 Å². The van der Waals surface area contributed by atoms with Crippen LogP contribution in [0.2, 0.25) is 0 Å². The summed E-state index contributed by atoms with van der Waals surface area (Å²) in [5.41, 5.74) is 0.974.